The van der Waals surface area contributed by atoms with Gasteiger partial charge in [-0.1, -0.05) is 95.9 Å². The standard InChI is InChI=1S/C16H26.C15H26.C14H24.C13H22/c1-16(2,3)13-8-11-7-12(13)15-10-5-4-9(6-10)14(11)15;1-15(2,3)14-9-10-8-13(14)12-7-5-4-6-11(10)12;1-13(2,3)14-7-10-4-11(8-14)6-12(5-10)9-14;1-12(2,3)13-7-9-4-10(8-13)6-11(13)5-9/h9-15H,4-8H2,1-3H3;10-14H,4-9H2,1-3H3;10-12H,4-9H2,1-3H3;9-11H,4-8H2,1-3H3. The van der Waals surface area contributed by atoms with E-state index in [1.165, 1.54) is 30.6 Å². The van der Waals surface area contributed by atoms with E-state index in [0.717, 1.165) is 99.6 Å². The summed E-state index contributed by atoms with van der Waals surface area (Å²) in [5.74, 6) is 20.3. The summed E-state index contributed by atoms with van der Waals surface area (Å²) in [5, 5.41) is 0. The maximum atomic E-state index is 2.49. The highest BCUT2D eigenvalue weighted by Crippen LogP contribution is 2.72. The highest BCUT2D eigenvalue weighted by molar-refractivity contribution is 5.13. The smallest absolute Gasteiger partial charge is 0.0215 e. The van der Waals surface area contributed by atoms with Crippen LogP contribution in [0.15, 0.2) is 0 Å². The van der Waals surface area contributed by atoms with Crippen LogP contribution in [0, 0.1) is 139 Å². The molecule has 15 fully saturated rings. The summed E-state index contributed by atoms with van der Waals surface area (Å²) in [4.78, 5) is 0. The quantitative estimate of drug-likeness (QED) is 0.214. The van der Waals surface area contributed by atoms with Crippen molar-refractivity contribution in [3.05, 3.63) is 0 Å². The highest BCUT2D eigenvalue weighted by Gasteiger charge is 2.64. The fourth-order valence-corrected chi connectivity index (χ4v) is 21.8. The summed E-state index contributed by atoms with van der Waals surface area (Å²) in [6, 6.07) is 0. The molecular formula is C58H98. The molecule has 0 amide bonds. The van der Waals surface area contributed by atoms with Crippen molar-refractivity contribution in [2.24, 2.45) is 139 Å². The van der Waals surface area contributed by atoms with Crippen molar-refractivity contribution in [3.8, 4) is 0 Å². The molecule has 0 spiro atoms. The molecule has 14 atom stereocenters. The molecular weight excluding hydrogens is 697 g/mol. The fourth-order valence-electron chi connectivity index (χ4n) is 21.8. The zero-order valence-electron chi connectivity index (χ0n) is 40.9. The van der Waals surface area contributed by atoms with Crippen molar-refractivity contribution in [2.45, 2.75) is 224 Å². The molecule has 15 saturated carbocycles. The first kappa shape index (κ1) is 42.0. The summed E-state index contributed by atoms with van der Waals surface area (Å²) in [6.07, 6.45) is 34.6. The second-order valence-corrected chi connectivity index (χ2v) is 30.2. The molecule has 0 N–H and O–H groups in total. The zero-order chi connectivity index (χ0) is 40.9. The maximum Gasteiger partial charge on any atom is -0.0215 e. The topological polar surface area (TPSA) is 0 Å². The van der Waals surface area contributed by atoms with Crippen molar-refractivity contribution in [2.75, 3.05) is 0 Å². The Morgan fingerprint density at radius 2 is 0.810 bits per heavy atom. The van der Waals surface area contributed by atoms with Crippen LogP contribution >= 0.6 is 0 Å². The molecule has 0 saturated heterocycles. The molecule has 0 heteroatoms. The minimum absolute atomic E-state index is 0.559. The first-order valence-electron chi connectivity index (χ1n) is 27.1. The lowest BCUT2D eigenvalue weighted by molar-refractivity contribution is -0.113. The molecule has 14 bridgehead atoms. The van der Waals surface area contributed by atoms with Crippen molar-refractivity contribution in [3.63, 3.8) is 0 Å². The Morgan fingerprint density at radius 3 is 1.31 bits per heavy atom. The van der Waals surface area contributed by atoms with Gasteiger partial charge in [-0.15, -0.1) is 0 Å². The van der Waals surface area contributed by atoms with Gasteiger partial charge < -0.3 is 0 Å². The van der Waals surface area contributed by atoms with Crippen molar-refractivity contribution in [1.82, 2.24) is 0 Å². The van der Waals surface area contributed by atoms with Gasteiger partial charge in [0.25, 0.3) is 0 Å². The van der Waals surface area contributed by atoms with Crippen molar-refractivity contribution < 1.29 is 0 Å². The summed E-state index contributed by atoms with van der Waals surface area (Å²) in [6.45, 7) is 29.8. The summed E-state index contributed by atoms with van der Waals surface area (Å²) >= 11 is 0. The zero-order valence-corrected chi connectivity index (χ0v) is 40.9. The SMILES string of the molecule is CC(C)(C)C12CC3CC(CC(C3)C1)C2.CC(C)(C)C12CC3CC(CC1C3)C2.CC(C)(C)C1CC2CC1C1C3CCC(C3)C21.CC(C)(C)C1CC2CC1C1CCCCC21. The van der Waals surface area contributed by atoms with E-state index in [1.807, 2.05) is 0 Å². The summed E-state index contributed by atoms with van der Waals surface area (Å²) < 4.78 is 0. The van der Waals surface area contributed by atoms with E-state index in [2.05, 4.69) is 83.1 Å². The minimum Gasteiger partial charge on any atom is -0.0599 e. The number of hydrogen-bond donors (Lipinski definition) is 0. The van der Waals surface area contributed by atoms with Gasteiger partial charge in [0.2, 0.25) is 0 Å². The molecule has 14 unspecified atom stereocenters. The lowest BCUT2D eigenvalue weighted by atomic mass is 9.43. The maximum absolute atomic E-state index is 2.49. The fraction of sp³-hybridized carbons (Fsp3) is 1.00. The average molecular weight is 795 g/mol. The van der Waals surface area contributed by atoms with Crippen molar-refractivity contribution in [1.29, 1.82) is 0 Å². The average Bonchev–Trinajstić information content (AvgIpc) is 3.99. The second-order valence-electron chi connectivity index (χ2n) is 30.2. The Bertz CT molecular complexity index is 1430. The minimum atomic E-state index is 0.559. The van der Waals surface area contributed by atoms with Crippen LogP contribution in [0.1, 0.15) is 224 Å². The van der Waals surface area contributed by atoms with Crippen LogP contribution in [0.4, 0.5) is 0 Å². The lowest BCUT2D eigenvalue weighted by Gasteiger charge is -2.62. The van der Waals surface area contributed by atoms with Gasteiger partial charge in [-0.3, -0.25) is 0 Å². The first-order chi connectivity index (χ1) is 27.1. The number of rotatable bonds is 0. The molecule has 0 radical (unpaired) electrons. The third kappa shape index (κ3) is 6.87. The molecule has 15 aliphatic carbocycles. The Balaban J connectivity index is 0.0000000941. The van der Waals surface area contributed by atoms with Gasteiger partial charge >= 0.3 is 0 Å². The molecule has 0 heterocycles. The molecule has 0 aromatic rings. The third-order valence-electron chi connectivity index (χ3n) is 23.8. The van der Waals surface area contributed by atoms with E-state index in [0.29, 0.717) is 21.7 Å². The molecule has 0 aromatic carbocycles. The Hall–Kier alpha value is 0. The molecule has 0 aliphatic heterocycles. The van der Waals surface area contributed by atoms with Crippen LogP contribution in [0.3, 0.4) is 0 Å². The second kappa shape index (κ2) is 14.2. The van der Waals surface area contributed by atoms with Gasteiger partial charge in [-0.25, -0.2) is 0 Å². The number of fused-ring (bicyclic) bond motifs is 14. The van der Waals surface area contributed by atoms with E-state index in [1.54, 1.807) is 128 Å². The molecule has 0 nitrogen and oxygen atoms in total. The largest absolute Gasteiger partial charge is 0.0599 e. The van der Waals surface area contributed by atoms with Gasteiger partial charge in [0.1, 0.15) is 0 Å². The van der Waals surface area contributed by atoms with Crippen LogP contribution < -0.4 is 0 Å². The van der Waals surface area contributed by atoms with Crippen molar-refractivity contribution >= 4 is 0 Å². The van der Waals surface area contributed by atoms with Gasteiger partial charge in [-0.05, 0) is 267 Å². The predicted octanol–water partition coefficient (Wildman–Crippen LogP) is 17.0. The Kier molecular flexibility index (Phi) is 10.3. The van der Waals surface area contributed by atoms with Crippen LogP contribution in [-0.4, -0.2) is 0 Å². The van der Waals surface area contributed by atoms with Crippen LogP contribution in [0.5, 0.6) is 0 Å². The van der Waals surface area contributed by atoms with E-state index in [9.17, 15) is 0 Å². The molecule has 15 rings (SSSR count). The van der Waals surface area contributed by atoms with E-state index in [-0.39, 0.29) is 0 Å². The Morgan fingerprint density at radius 1 is 0.345 bits per heavy atom. The molecule has 330 valence electrons. The highest BCUT2D eigenvalue weighted by atomic mass is 14.7. The predicted molar refractivity (Wildman–Crippen MR) is 247 cm³/mol. The third-order valence-corrected chi connectivity index (χ3v) is 23.8. The monoisotopic (exact) mass is 795 g/mol. The molecule has 58 heavy (non-hydrogen) atoms. The van der Waals surface area contributed by atoms with Crippen LogP contribution in [0.25, 0.3) is 0 Å². The van der Waals surface area contributed by atoms with Gasteiger partial charge in [0.15, 0.2) is 0 Å². The van der Waals surface area contributed by atoms with E-state index in [4.69, 9.17) is 0 Å². The van der Waals surface area contributed by atoms with Gasteiger partial charge in [0.05, 0.1) is 0 Å². The lowest BCUT2D eigenvalue weighted by Crippen LogP contribution is -2.51. The summed E-state index contributed by atoms with van der Waals surface area (Å²) in [5.41, 5.74) is 3.78. The summed E-state index contributed by atoms with van der Waals surface area (Å²) in [7, 11) is 0. The van der Waals surface area contributed by atoms with Gasteiger partial charge in [0, 0.05) is 0 Å². The first-order valence-corrected chi connectivity index (χ1v) is 27.1. The molecule has 15 aliphatic rings. The van der Waals surface area contributed by atoms with Crippen LogP contribution in [0.2, 0.25) is 0 Å². The normalized spacial score (nSPS) is 53.2. The van der Waals surface area contributed by atoms with E-state index >= 15 is 0 Å². The molecule has 0 aromatic heterocycles. The Labute approximate surface area is 361 Å². The van der Waals surface area contributed by atoms with Gasteiger partial charge in [-0.2, -0.15) is 0 Å². The number of hydrogen-bond acceptors (Lipinski definition) is 0. The van der Waals surface area contributed by atoms with E-state index < -0.39 is 0 Å². The van der Waals surface area contributed by atoms with Crippen LogP contribution in [-0.2, 0) is 0 Å².